The maximum absolute atomic E-state index is 5.53. The standard InChI is InChI=1S/C10H20N4O/c1-8(7-15-3)4-10(13-11)9-5-12-14(2)6-9/h5-6,8,10,13H,4,7,11H2,1-3H3. The number of aromatic nitrogens is 2. The van der Waals surface area contributed by atoms with Crippen molar-refractivity contribution in [1.29, 1.82) is 0 Å². The smallest absolute Gasteiger partial charge is 0.0538 e. The third-order valence-corrected chi connectivity index (χ3v) is 2.42. The molecule has 0 bridgehead atoms. The highest BCUT2D eigenvalue weighted by Crippen LogP contribution is 2.19. The first-order valence-electron chi connectivity index (χ1n) is 5.11. The number of methoxy groups -OCH3 is 1. The molecule has 1 aromatic heterocycles. The van der Waals surface area contributed by atoms with Crippen LogP contribution in [0.3, 0.4) is 0 Å². The molecule has 2 unspecified atom stereocenters. The Bertz CT molecular complexity index is 287. The first kappa shape index (κ1) is 12.2. The van der Waals surface area contributed by atoms with Crippen molar-refractivity contribution in [2.75, 3.05) is 13.7 Å². The van der Waals surface area contributed by atoms with Crippen LogP contribution >= 0.6 is 0 Å². The highest BCUT2D eigenvalue weighted by molar-refractivity contribution is 5.09. The molecule has 86 valence electrons. The summed E-state index contributed by atoms with van der Waals surface area (Å²) in [6.45, 7) is 2.89. The minimum absolute atomic E-state index is 0.142. The van der Waals surface area contributed by atoms with E-state index in [0.717, 1.165) is 18.6 Å². The van der Waals surface area contributed by atoms with E-state index in [1.165, 1.54) is 0 Å². The number of nitrogens with zero attached hydrogens (tertiary/aromatic N) is 2. The van der Waals surface area contributed by atoms with Crippen LogP contribution in [0.1, 0.15) is 24.9 Å². The Labute approximate surface area is 90.6 Å². The van der Waals surface area contributed by atoms with Gasteiger partial charge in [-0.25, -0.2) is 0 Å². The van der Waals surface area contributed by atoms with Crippen LogP contribution in [0.5, 0.6) is 0 Å². The van der Waals surface area contributed by atoms with Crippen molar-refractivity contribution in [1.82, 2.24) is 15.2 Å². The minimum Gasteiger partial charge on any atom is -0.384 e. The van der Waals surface area contributed by atoms with Gasteiger partial charge in [-0.05, 0) is 12.3 Å². The number of aryl methyl sites for hydroxylation is 1. The zero-order valence-electron chi connectivity index (χ0n) is 9.60. The topological polar surface area (TPSA) is 65.1 Å². The van der Waals surface area contributed by atoms with E-state index in [2.05, 4.69) is 17.4 Å². The summed E-state index contributed by atoms with van der Waals surface area (Å²) < 4.78 is 6.88. The van der Waals surface area contributed by atoms with Crippen molar-refractivity contribution in [3.05, 3.63) is 18.0 Å². The first-order valence-corrected chi connectivity index (χ1v) is 5.11. The number of nitrogens with one attached hydrogen (secondary N) is 1. The summed E-state index contributed by atoms with van der Waals surface area (Å²) in [6, 6.07) is 0.142. The summed E-state index contributed by atoms with van der Waals surface area (Å²) in [6.07, 6.45) is 4.75. The van der Waals surface area contributed by atoms with Crippen LogP contribution in [-0.4, -0.2) is 23.5 Å². The van der Waals surface area contributed by atoms with Crippen molar-refractivity contribution in [3.63, 3.8) is 0 Å². The molecule has 2 atom stereocenters. The Morgan fingerprint density at radius 1 is 1.67 bits per heavy atom. The SMILES string of the molecule is COCC(C)CC(NN)c1cnn(C)c1. The van der Waals surface area contributed by atoms with Crippen LogP contribution in [0.15, 0.2) is 12.4 Å². The van der Waals surface area contributed by atoms with Gasteiger partial charge in [0.05, 0.1) is 6.20 Å². The van der Waals surface area contributed by atoms with E-state index in [1.807, 2.05) is 19.4 Å². The van der Waals surface area contributed by atoms with E-state index in [9.17, 15) is 0 Å². The molecule has 3 N–H and O–H groups in total. The van der Waals surface area contributed by atoms with Crippen LogP contribution in [0.25, 0.3) is 0 Å². The maximum atomic E-state index is 5.53. The molecule has 5 heteroatoms. The van der Waals surface area contributed by atoms with E-state index in [0.29, 0.717) is 5.92 Å². The van der Waals surface area contributed by atoms with Gasteiger partial charge in [-0.2, -0.15) is 5.10 Å². The van der Waals surface area contributed by atoms with Crippen molar-refractivity contribution >= 4 is 0 Å². The minimum atomic E-state index is 0.142. The van der Waals surface area contributed by atoms with Crippen LogP contribution in [0.4, 0.5) is 0 Å². The number of rotatable bonds is 6. The summed E-state index contributed by atoms with van der Waals surface area (Å²) in [4.78, 5) is 0. The quantitative estimate of drug-likeness (QED) is 0.535. The second kappa shape index (κ2) is 5.85. The van der Waals surface area contributed by atoms with Crippen LogP contribution in [0, 0.1) is 5.92 Å². The van der Waals surface area contributed by atoms with E-state index in [4.69, 9.17) is 10.6 Å². The molecule has 0 aromatic carbocycles. The average Bonchev–Trinajstić information content (AvgIpc) is 2.61. The Hall–Kier alpha value is -0.910. The van der Waals surface area contributed by atoms with Gasteiger partial charge in [0.25, 0.3) is 0 Å². The van der Waals surface area contributed by atoms with Gasteiger partial charge < -0.3 is 4.74 Å². The molecule has 0 aliphatic carbocycles. The van der Waals surface area contributed by atoms with Gasteiger partial charge in [0.2, 0.25) is 0 Å². The lowest BCUT2D eigenvalue weighted by atomic mass is 9.99. The van der Waals surface area contributed by atoms with Crippen molar-refractivity contribution in [3.8, 4) is 0 Å². The lowest BCUT2D eigenvalue weighted by Gasteiger charge is -2.18. The zero-order chi connectivity index (χ0) is 11.3. The zero-order valence-corrected chi connectivity index (χ0v) is 9.60. The summed E-state index contributed by atoms with van der Waals surface area (Å²) in [5.74, 6) is 6.00. The first-order chi connectivity index (χ1) is 7.17. The molecule has 0 aliphatic heterocycles. The number of hydrogen-bond acceptors (Lipinski definition) is 4. The third-order valence-electron chi connectivity index (χ3n) is 2.42. The second-order valence-corrected chi connectivity index (χ2v) is 3.96. The van der Waals surface area contributed by atoms with Crippen molar-refractivity contribution in [2.45, 2.75) is 19.4 Å². The Morgan fingerprint density at radius 2 is 2.40 bits per heavy atom. The summed E-state index contributed by atoms with van der Waals surface area (Å²) >= 11 is 0. The van der Waals surface area contributed by atoms with Gasteiger partial charge in [-0.1, -0.05) is 6.92 Å². The highest BCUT2D eigenvalue weighted by atomic mass is 16.5. The molecular formula is C10H20N4O. The Balaban J connectivity index is 2.56. The normalized spacial score (nSPS) is 15.2. The lowest BCUT2D eigenvalue weighted by Crippen LogP contribution is -2.29. The third kappa shape index (κ3) is 3.62. The van der Waals surface area contributed by atoms with E-state index in [-0.39, 0.29) is 6.04 Å². The number of hydrogen-bond donors (Lipinski definition) is 2. The number of ether oxygens (including phenoxy) is 1. The van der Waals surface area contributed by atoms with Crippen LogP contribution in [0.2, 0.25) is 0 Å². The van der Waals surface area contributed by atoms with E-state index in [1.54, 1.807) is 11.8 Å². The molecule has 0 aliphatic rings. The molecule has 0 saturated heterocycles. The Kier molecular flexibility index (Phi) is 4.74. The predicted molar refractivity (Wildman–Crippen MR) is 58.9 cm³/mol. The maximum Gasteiger partial charge on any atom is 0.0538 e. The molecule has 1 aromatic rings. The largest absolute Gasteiger partial charge is 0.384 e. The van der Waals surface area contributed by atoms with Gasteiger partial charge in [0, 0.05) is 38.6 Å². The monoisotopic (exact) mass is 212 g/mol. The molecule has 0 spiro atoms. The van der Waals surface area contributed by atoms with E-state index < -0.39 is 0 Å². The summed E-state index contributed by atoms with van der Waals surface area (Å²) in [5.41, 5.74) is 3.93. The average molecular weight is 212 g/mol. The molecule has 15 heavy (non-hydrogen) atoms. The molecule has 5 nitrogen and oxygen atoms in total. The number of nitrogens with two attached hydrogens (primary N) is 1. The summed E-state index contributed by atoms with van der Waals surface area (Å²) in [5, 5.41) is 4.13. The highest BCUT2D eigenvalue weighted by Gasteiger charge is 2.15. The number of hydrazine groups is 1. The molecular weight excluding hydrogens is 192 g/mol. The second-order valence-electron chi connectivity index (χ2n) is 3.96. The van der Waals surface area contributed by atoms with Gasteiger partial charge in [0.1, 0.15) is 0 Å². The van der Waals surface area contributed by atoms with Gasteiger partial charge in [0.15, 0.2) is 0 Å². The molecule has 1 heterocycles. The van der Waals surface area contributed by atoms with Crippen molar-refractivity contribution in [2.24, 2.45) is 18.8 Å². The molecule has 0 fully saturated rings. The molecule has 0 radical (unpaired) electrons. The van der Waals surface area contributed by atoms with Gasteiger partial charge >= 0.3 is 0 Å². The van der Waals surface area contributed by atoms with E-state index >= 15 is 0 Å². The fourth-order valence-corrected chi connectivity index (χ4v) is 1.68. The molecule has 0 saturated carbocycles. The fraction of sp³-hybridized carbons (Fsp3) is 0.700. The molecule has 0 amide bonds. The fourth-order valence-electron chi connectivity index (χ4n) is 1.68. The van der Waals surface area contributed by atoms with Crippen molar-refractivity contribution < 1.29 is 4.74 Å². The van der Waals surface area contributed by atoms with Gasteiger partial charge in [-0.15, -0.1) is 0 Å². The van der Waals surface area contributed by atoms with Crippen LogP contribution < -0.4 is 11.3 Å². The summed E-state index contributed by atoms with van der Waals surface area (Å²) in [7, 11) is 3.61. The predicted octanol–water partition coefficient (Wildman–Crippen LogP) is 0.597. The molecule has 1 rings (SSSR count). The lowest BCUT2D eigenvalue weighted by molar-refractivity contribution is 0.149. The van der Waals surface area contributed by atoms with Crippen LogP contribution in [-0.2, 0) is 11.8 Å². The Morgan fingerprint density at radius 3 is 2.87 bits per heavy atom. The van der Waals surface area contributed by atoms with Gasteiger partial charge in [-0.3, -0.25) is 16.0 Å².